The van der Waals surface area contributed by atoms with Crippen LogP contribution < -0.4 is 5.32 Å². The summed E-state index contributed by atoms with van der Waals surface area (Å²) >= 11 is 0. The molecule has 3 rings (SSSR count). The summed E-state index contributed by atoms with van der Waals surface area (Å²) < 4.78 is 0. The summed E-state index contributed by atoms with van der Waals surface area (Å²) in [6, 6.07) is 7.87. The van der Waals surface area contributed by atoms with Gasteiger partial charge in [0.25, 0.3) is 5.91 Å². The number of carbonyl (C=O) groups excluding carboxylic acids is 1. The SMILES string of the molecule is Cc1cc(C(=O)NCCN2CCCC2)c2cccc(C)c2n1. The second-order valence-electron chi connectivity index (χ2n) is 6.09. The second-order valence-corrected chi connectivity index (χ2v) is 6.09. The number of pyridine rings is 1. The third kappa shape index (κ3) is 3.12. The summed E-state index contributed by atoms with van der Waals surface area (Å²) in [4.78, 5) is 19.5. The van der Waals surface area contributed by atoms with Gasteiger partial charge in [-0.05, 0) is 51.4 Å². The Kier molecular flexibility index (Phi) is 4.39. The minimum atomic E-state index is 0.000275. The first kappa shape index (κ1) is 15.0. The van der Waals surface area contributed by atoms with Crippen molar-refractivity contribution in [3.05, 3.63) is 41.1 Å². The minimum Gasteiger partial charge on any atom is -0.351 e. The molecule has 0 radical (unpaired) electrons. The number of aromatic nitrogens is 1. The predicted octanol–water partition coefficient (Wildman–Crippen LogP) is 2.68. The van der Waals surface area contributed by atoms with Crippen LogP contribution in [0.1, 0.15) is 34.5 Å². The van der Waals surface area contributed by atoms with Gasteiger partial charge < -0.3 is 10.2 Å². The van der Waals surface area contributed by atoms with Crippen LogP contribution >= 0.6 is 0 Å². The molecule has 0 unspecified atom stereocenters. The van der Waals surface area contributed by atoms with E-state index in [2.05, 4.69) is 15.2 Å². The molecule has 22 heavy (non-hydrogen) atoms. The van der Waals surface area contributed by atoms with Crippen molar-refractivity contribution in [3.63, 3.8) is 0 Å². The molecule has 1 amide bonds. The second kappa shape index (κ2) is 6.44. The fraction of sp³-hybridized carbons (Fsp3) is 0.444. The normalized spacial score (nSPS) is 15.4. The van der Waals surface area contributed by atoms with Gasteiger partial charge in [-0.2, -0.15) is 0 Å². The van der Waals surface area contributed by atoms with Gasteiger partial charge in [-0.25, -0.2) is 0 Å². The molecule has 0 saturated carbocycles. The number of hydrogen-bond donors (Lipinski definition) is 1. The van der Waals surface area contributed by atoms with Gasteiger partial charge in [-0.1, -0.05) is 18.2 Å². The first-order valence-electron chi connectivity index (χ1n) is 8.02. The maximum atomic E-state index is 12.5. The maximum absolute atomic E-state index is 12.5. The standard InChI is InChI=1S/C18H23N3O/c1-13-6-5-7-15-16(12-14(2)20-17(13)15)18(22)19-8-11-21-9-3-4-10-21/h5-7,12H,3-4,8-11H2,1-2H3,(H,19,22). The number of nitrogens with zero attached hydrogens (tertiary/aromatic N) is 2. The average molecular weight is 297 g/mol. The van der Waals surface area contributed by atoms with E-state index >= 15 is 0 Å². The monoisotopic (exact) mass is 297 g/mol. The molecule has 1 fully saturated rings. The van der Waals surface area contributed by atoms with E-state index in [-0.39, 0.29) is 5.91 Å². The average Bonchev–Trinajstić information content (AvgIpc) is 3.01. The summed E-state index contributed by atoms with van der Waals surface area (Å²) in [5.74, 6) is 0.000275. The summed E-state index contributed by atoms with van der Waals surface area (Å²) in [6.45, 7) is 7.93. The highest BCUT2D eigenvalue weighted by Crippen LogP contribution is 2.21. The van der Waals surface area contributed by atoms with Crippen molar-refractivity contribution in [1.29, 1.82) is 0 Å². The Morgan fingerprint density at radius 2 is 2.05 bits per heavy atom. The Balaban J connectivity index is 1.76. The van der Waals surface area contributed by atoms with Crippen LogP contribution in [-0.2, 0) is 0 Å². The molecule has 4 nitrogen and oxygen atoms in total. The third-order valence-electron chi connectivity index (χ3n) is 4.33. The fourth-order valence-corrected chi connectivity index (χ4v) is 3.14. The van der Waals surface area contributed by atoms with Gasteiger partial charge in [-0.15, -0.1) is 0 Å². The lowest BCUT2D eigenvalue weighted by atomic mass is 10.0. The first-order chi connectivity index (χ1) is 10.6. The lowest BCUT2D eigenvalue weighted by molar-refractivity contribution is 0.0951. The molecule has 1 saturated heterocycles. The summed E-state index contributed by atoms with van der Waals surface area (Å²) in [6.07, 6.45) is 2.56. The minimum absolute atomic E-state index is 0.000275. The molecule has 116 valence electrons. The molecule has 1 aromatic carbocycles. The number of carbonyl (C=O) groups is 1. The molecule has 2 aromatic rings. The molecule has 4 heteroatoms. The molecule has 1 aromatic heterocycles. The van der Waals surface area contributed by atoms with Crippen LogP contribution in [0.25, 0.3) is 10.9 Å². The summed E-state index contributed by atoms with van der Waals surface area (Å²) in [5.41, 5.74) is 3.64. The Labute approximate surface area is 131 Å². The van der Waals surface area contributed by atoms with Gasteiger partial charge in [0, 0.05) is 24.2 Å². The van der Waals surface area contributed by atoms with Crippen molar-refractivity contribution < 1.29 is 4.79 Å². The number of benzene rings is 1. The number of likely N-dealkylation sites (tertiary alicyclic amines) is 1. The number of nitrogens with one attached hydrogen (secondary N) is 1. The lowest BCUT2D eigenvalue weighted by Crippen LogP contribution is -2.33. The van der Waals surface area contributed by atoms with Crippen molar-refractivity contribution in [3.8, 4) is 0 Å². The number of para-hydroxylation sites is 1. The summed E-state index contributed by atoms with van der Waals surface area (Å²) in [7, 11) is 0. The van der Waals surface area contributed by atoms with Crippen LogP contribution in [0.5, 0.6) is 0 Å². The van der Waals surface area contributed by atoms with Crippen LogP contribution in [0.3, 0.4) is 0 Å². The van der Waals surface area contributed by atoms with Gasteiger partial charge in [0.1, 0.15) is 0 Å². The zero-order chi connectivity index (χ0) is 15.5. The number of aryl methyl sites for hydroxylation is 2. The zero-order valence-electron chi connectivity index (χ0n) is 13.4. The van der Waals surface area contributed by atoms with Crippen molar-refractivity contribution in [2.24, 2.45) is 0 Å². The van der Waals surface area contributed by atoms with Crippen molar-refractivity contribution in [1.82, 2.24) is 15.2 Å². The van der Waals surface area contributed by atoms with Crippen LogP contribution in [0.2, 0.25) is 0 Å². The van der Waals surface area contributed by atoms with Crippen molar-refractivity contribution >= 4 is 16.8 Å². The Morgan fingerprint density at radius 3 is 2.82 bits per heavy atom. The molecule has 0 atom stereocenters. The van der Waals surface area contributed by atoms with E-state index in [1.165, 1.54) is 12.8 Å². The molecule has 0 aliphatic carbocycles. The molecule has 1 aliphatic rings. The van der Waals surface area contributed by atoms with Crippen molar-refractivity contribution in [2.45, 2.75) is 26.7 Å². The highest BCUT2D eigenvalue weighted by atomic mass is 16.1. The number of rotatable bonds is 4. The Bertz CT molecular complexity index is 690. The molecule has 1 aliphatic heterocycles. The Hall–Kier alpha value is -1.94. The topological polar surface area (TPSA) is 45.2 Å². The smallest absolute Gasteiger partial charge is 0.252 e. The van der Waals surface area contributed by atoms with Gasteiger partial charge in [0.05, 0.1) is 11.1 Å². The molecule has 2 heterocycles. The molecule has 0 spiro atoms. The molecule has 0 bridgehead atoms. The largest absolute Gasteiger partial charge is 0.351 e. The van der Waals surface area contributed by atoms with E-state index in [0.29, 0.717) is 6.54 Å². The van der Waals surface area contributed by atoms with Gasteiger partial charge >= 0.3 is 0 Å². The zero-order valence-corrected chi connectivity index (χ0v) is 13.4. The molecular weight excluding hydrogens is 274 g/mol. The molecule has 1 N–H and O–H groups in total. The number of fused-ring (bicyclic) bond motifs is 1. The lowest BCUT2D eigenvalue weighted by Gasteiger charge is -2.15. The highest BCUT2D eigenvalue weighted by Gasteiger charge is 2.14. The fourth-order valence-electron chi connectivity index (χ4n) is 3.14. The van der Waals surface area contributed by atoms with E-state index in [0.717, 1.165) is 47.4 Å². The number of hydrogen-bond acceptors (Lipinski definition) is 3. The maximum Gasteiger partial charge on any atom is 0.252 e. The van der Waals surface area contributed by atoms with E-state index in [4.69, 9.17) is 0 Å². The van der Waals surface area contributed by atoms with E-state index in [1.54, 1.807) is 0 Å². The van der Waals surface area contributed by atoms with E-state index < -0.39 is 0 Å². The van der Waals surface area contributed by atoms with E-state index in [1.807, 2.05) is 38.1 Å². The predicted molar refractivity (Wildman–Crippen MR) is 89.2 cm³/mol. The third-order valence-corrected chi connectivity index (χ3v) is 4.33. The van der Waals surface area contributed by atoms with Gasteiger partial charge in [-0.3, -0.25) is 9.78 Å². The van der Waals surface area contributed by atoms with Crippen LogP contribution in [0, 0.1) is 13.8 Å². The van der Waals surface area contributed by atoms with Gasteiger partial charge in [0.2, 0.25) is 0 Å². The molecular formula is C18H23N3O. The van der Waals surface area contributed by atoms with Gasteiger partial charge in [0.15, 0.2) is 0 Å². The quantitative estimate of drug-likeness (QED) is 0.943. The van der Waals surface area contributed by atoms with Crippen LogP contribution in [0.4, 0.5) is 0 Å². The van der Waals surface area contributed by atoms with Crippen LogP contribution in [0.15, 0.2) is 24.3 Å². The summed E-state index contributed by atoms with van der Waals surface area (Å²) in [5, 5.41) is 3.99. The van der Waals surface area contributed by atoms with Crippen LogP contribution in [-0.4, -0.2) is 42.0 Å². The number of amides is 1. The van der Waals surface area contributed by atoms with E-state index in [9.17, 15) is 4.79 Å². The highest BCUT2D eigenvalue weighted by molar-refractivity contribution is 6.06. The Morgan fingerprint density at radius 1 is 1.27 bits per heavy atom. The first-order valence-corrected chi connectivity index (χ1v) is 8.02. The van der Waals surface area contributed by atoms with Crippen molar-refractivity contribution in [2.75, 3.05) is 26.2 Å².